The minimum absolute atomic E-state index is 0.124. The van der Waals surface area contributed by atoms with Crippen molar-refractivity contribution < 1.29 is 0 Å². The van der Waals surface area contributed by atoms with Gasteiger partial charge in [0.25, 0.3) is 0 Å². The lowest BCUT2D eigenvalue weighted by molar-refractivity contribution is 0.730. The Morgan fingerprint density at radius 2 is 1.95 bits per heavy atom. The second kappa shape index (κ2) is 6.43. The fraction of sp³-hybridized carbons (Fsp3) is 0.400. The number of nitrogens with zero attached hydrogens (tertiary/aromatic N) is 4. The van der Waals surface area contributed by atoms with Crippen LogP contribution in [0.4, 0.5) is 5.95 Å². The van der Waals surface area contributed by atoms with E-state index >= 15 is 0 Å². The minimum atomic E-state index is 0.124. The van der Waals surface area contributed by atoms with Crippen LogP contribution >= 0.6 is 0 Å². The SMILES string of the molecule is Cc1cccc(CN(C)c2ncc(CC(C)N)cn2)n1. The van der Waals surface area contributed by atoms with Crippen LogP contribution in [0, 0.1) is 6.92 Å². The lowest BCUT2D eigenvalue weighted by atomic mass is 10.1. The molecule has 0 radical (unpaired) electrons. The van der Waals surface area contributed by atoms with Gasteiger partial charge in [0.2, 0.25) is 5.95 Å². The Labute approximate surface area is 119 Å². The van der Waals surface area contributed by atoms with Gasteiger partial charge < -0.3 is 10.6 Å². The third-order valence-electron chi connectivity index (χ3n) is 2.94. The molecule has 0 bridgehead atoms. The summed E-state index contributed by atoms with van der Waals surface area (Å²) in [4.78, 5) is 15.2. The highest BCUT2D eigenvalue weighted by Crippen LogP contribution is 2.10. The Morgan fingerprint density at radius 3 is 2.55 bits per heavy atom. The molecule has 106 valence electrons. The van der Waals surface area contributed by atoms with Gasteiger partial charge in [-0.25, -0.2) is 9.97 Å². The molecule has 0 amide bonds. The van der Waals surface area contributed by atoms with Gasteiger partial charge in [-0.05, 0) is 38.0 Å². The molecule has 0 spiro atoms. The summed E-state index contributed by atoms with van der Waals surface area (Å²) in [5.41, 5.74) is 8.85. The van der Waals surface area contributed by atoms with Crippen LogP contribution in [0.15, 0.2) is 30.6 Å². The van der Waals surface area contributed by atoms with E-state index in [1.807, 2.05) is 56.4 Å². The van der Waals surface area contributed by atoms with E-state index in [9.17, 15) is 0 Å². The van der Waals surface area contributed by atoms with Crippen LogP contribution in [0.2, 0.25) is 0 Å². The molecule has 2 aromatic heterocycles. The number of aromatic nitrogens is 3. The summed E-state index contributed by atoms with van der Waals surface area (Å²) in [6.45, 7) is 4.65. The molecule has 2 N–H and O–H groups in total. The zero-order chi connectivity index (χ0) is 14.5. The molecule has 5 nitrogen and oxygen atoms in total. The summed E-state index contributed by atoms with van der Waals surface area (Å²) in [5, 5.41) is 0. The standard InChI is InChI=1S/C15H21N5/c1-11(16)7-13-8-17-15(18-9-13)20(3)10-14-6-4-5-12(2)19-14/h4-6,8-9,11H,7,10,16H2,1-3H3. The van der Waals surface area contributed by atoms with Crippen LogP contribution in [-0.2, 0) is 13.0 Å². The predicted octanol–water partition coefficient (Wildman–Crippen LogP) is 1.71. The van der Waals surface area contributed by atoms with Crippen molar-refractivity contribution in [3.63, 3.8) is 0 Å². The number of hydrogen-bond acceptors (Lipinski definition) is 5. The predicted molar refractivity (Wildman–Crippen MR) is 80.5 cm³/mol. The van der Waals surface area contributed by atoms with E-state index in [1.54, 1.807) is 0 Å². The Morgan fingerprint density at radius 1 is 1.25 bits per heavy atom. The van der Waals surface area contributed by atoms with Gasteiger partial charge in [0.15, 0.2) is 0 Å². The van der Waals surface area contributed by atoms with Crippen molar-refractivity contribution in [1.82, 2.24) is 15.0 Å². The third kappa shape index (κ3) is 3.99. The van der Waals surface area contributed by atoms with Gasteiger partial charge in [-0.2, -0.15) is 0 Å². The van der Waals surface area contributed by atoms with Crippen molar-refractivity contribution in [2.75, 3.05) is 11.9 Å². The maximum Gasteiger partial charge on any atom is 0.225 e. The first-order valence-corrected chi connectivity index (χ1v) is 6.75. The van der Waals surface area contributed by atoms with Crippen molar-refractivity contribution >= 4 is 5.95 Å². The summed E-state index contributed by atoms with van der Waals surface area (Å²) in [5.74, 6) is 0.696. The highest BCUT2D eigenvalue weighted by atomic mass is 15.2. The zero-order valence-electron chi connectivity index (χ0n) is 12.2. The molecule has 20 heavy (non-hydrogen) atoms. The van der Waals surface area contributed by atoms with Gasteiger partial charge in [-0.1, -0.05) is 6.07 Å². The molecule has 0 aliphatic carbocycles. The topological polar surface area (TPSA) is 67.9 Å². The van der Waals surface area contributed by atoms with Crippen LogP contribution in [0.3, 0.4) is 0 Å². The highest BCUT2D eigenvalue weighted by molar-refractivity contribution is 5.30. The van der Waals surface area contributed by atoms with Gasteiger partial charge in [0.05, 0.1) is 12.2 Å². The molecule has 2 aromatic rings. The van der Waals surface area contributed by atoms with E-state index in [2.05, 4.69) is 15.0 Å². The summed E-state index contributed by atoms with van der Waals surface area (Å²) in [7, 11) is 1.96. The van der Waals surface area contributed by atoms with Crippen molar-refractivity contribution in [3.8, 4) is 0 Å². The molecule has 0 fully saturated rings. The quantitative estimate of drug-likeness (QED) is 0.896. The van der Waals surface area contributed by atoms with E-state index in [0.29, 0.717) is 12.5 Å². The maximum atomic E-state index is 5.76. The molecule has 5 heteroatoms. The highest BCUT2D eigenvalue weighted by Gasteiger charge is 2.07. The summed E-state index contributed by atoms with van der Waals surface area (Å²) in [6, 6.07) is 6.13. The van der Waals surface area contributed by atoms with E-state index in [4.69, 9.17) is 5.73 Å². The Balaban J connectivity index is 2.03. The van der Waals surface area contributed by atoms with Crippen molar-refractivity contribution in [2.45, 2.75) is 32.9 Å². The zero-order valence-corrected chi connectivity index (χ0v) is 12.2. The molecule has 0 saturated heterocycles. The van der Waals surface area contributed by atoms with Gasteiger partial charge >= 0.3 is 0 Å². The molecule has 2 heterocycles. The molecule has 2 rings (SSSR count). The average Bonchev–Trinajstić information content (AvgIpc) is 2.38. The van der Waals surface area contributed by atoms with Crippen LogP contribution in [0.25, 0.3) is 0 Å². The molecule has 1 unspecified atom stereocenters. The molecule has 0 aliphatic heterocycles. The Kier molecular flexibility index (Phi) is 4.63. The molecule has 0 saturated carbocycles. The number of anilines is 1. The molecule has 0 aromatic carbocycles. The molecular formula is C15H21N5. The number of aryl methyl sites for hydroxylation is 1. The number of rotatable bonds is 5. The normalized spacial score (nSPS) is 12.2. The number of pyridine rings is 1. The first-order valence-electron chi connectivity index (χ1n) is 6.75. The van der Waals surface area contributed by atoms with Crippen molar-refractivity contribution in [1.29, 1.82) is 0 Å². The molecule has 0 aliphatic rings. The van der Waals surface area contributed by atoms with Crippen LogP contribution in [0.5, 0.6) is 0 Å². The Hall–Kier alpha value is -2.01. The Bertz CT molecular complexity index is 550. The first-order chi connectivity index (χ1) is 9.54. The maximum absolute atomic E-state index is 5.76. The average molecular weight is 271 g/mol. The fourth-order valence-electron chi connectivity index (χ4n) is 2.02. The largest absolute Gasteiger partial charge is 0.338 e. The summed E-state index contributed by atoms with van der Waals surface area (Å²) in [6.07, 6.45) is 4.47. The molecule has 1 atom stereocenters. The van der Waals surface area contributed by atoms with Crippen LogP contribution in [0.1, 0.15) is 23.9 Å². The van der Waals surface area contributed by atoms with Gasteiger partial charge in [0, 0.05) is 31.2 Å². The second-order valence-corrected chi connectivity index (χ2v) is 5.20. The van der Waals surface area contributed by atoms with Crippen molar-refractivity contribution in [2.24, 2.45) is 5.73 Å². The third-order valence-corrected chi connectivity index (χ3v) is 2.94. The summed E-state index contributed by atoms with van der Waals surface area (Å²) < 4.78 is 0. The van der Waals surface area contributed by atoms with Gasteiger partial charge in [0.1, 0.15) is 0 Å². The summed E-state index contributed by atoms with van der Waals surface area (Å²) >= 11 is 0. The van der Waals surface area contributed by atoms with Crippen LogP contribution < -0.4 is 10.6 Å². The second-order valence-electron chi connectivity index (χ2n) is 5.20. The van der Waals surface area contributed by atoms with Gasteiger partial charge in [-0.3, -0.25) is 4.98 Å². The number of hydrogen-bond donors (Lipinski definition) is 1. The molecular weight excluding hydrogens is 250 g/mol. The smallest absolute Gasteiger partial charge is 0.225 e. The lowest BCUT2D eigenvalue weighted by Crippen LogP contribution is -2.21. The van der Waals surface area contributed by atoms with Crippen molar-refractivity contribution in [3.05, 3.63) is 47.5 Å². The lowest BCUT2D eigenvalue weighted by Gasteiger charge is -2.17. The first kappa shape index (κ1) is 14.4. The van der Waals surface area contributed by atoms with E-state index in [1.165, 1.54) is 0 Å². The fourth-order valence-corrected chi connectivity index (χ4v) is 2.02. The van der Waals surface area contributed by atoms with Gasteiger partial charge in [-0.15, -0.1) is 0 Å². The number of nitrogens with two attached hydrogens (primary N) is 1. The minimum Gasteiger partial charge on any atom is -0.338 e. The monoisotopic (exact) mass is 271 g/mol. The van der Waals surface area contributed by atoms with E-state index in [-0.39, 0.29) is 6.04 Å². The van der Waals surface area contributed by atoms with E-state index in [0.717, 1.165) is 23.4 Å². The van der Waals surface area contributed by atoms with E-state index < -0.39 is 0 Å². The van der Waals surface area contributed by atoms with Crippen LogP contribution in [-0.4, -0.2) is 28.0 Å².